The van der Waals surface area contributed by atoms with Gasteiger partial charge < -0.3 is 4.74 Å². The van der Waals surface area contributed by atoms with Gasteiger partial charge in [0.1, 0.15) is 0 Å². The third kappa shape index (κ3) is 5.28. The predicted octanol–water partition coefficient (Wildman–Crippen LogP) is 5.88. The zero-order chi connectivity index (χ0) is 25.2. The van der Waals surface area contributed by atoms with Gasteiger partial charge in [-0.2, -0.15) is 5.10 Å². The van der Waals surface area contributed by atoms with E-state index in [9.17, 15) is 4.79 Å². The smallest absolute Gasteiger partial charge is 0.170 e. The molecule has 0 N–H and O–H groups in total. The minimum atomic E-state index is 0.0120. The van der Waals surface area contributed by atoms with Gasteiger partial charge in [-0.3, -0.25) is 14.7 Å². The van der Waals surface area contributed by atoms with Crippen LogP contribution in [0.4, 0.5) is 0 Å². The quantitative estimate of drug-likeness (QED) is 0.376. The van der Waals surface area contributed by atoms with Crippen molar-refractivity contribution in [1.29, 1.82) is 0 Å². The van der Waals surface area contributed by atoms with Gasteiger partial charge in [0.05, 0.1) is 52.1 Å². The first-order valence-electron chi connectivity index (χ1n) is 12.4. The molecule has 3 heterocycles. The van der Waals surface area contributed by atoms with Crippen molar-refractivity contribution >= 4 is 34.6 Å². The molecule has 1 aliphatic carbocycles. The monoisotopic (exact) mass is 524 g/mol. The summed E-state index contributed by atoms with van der Waals surface area (Å²) in [5.41, 5.74) is 6.50. The summed E-state index contributed by atoms with van der Waals surface area (Å²) in [5.74, 6) is 0.0120. The maximum Gasteiger partial charge on any atom is 0.170 e. The molecule has 1 saturated heterocycles. The number of morpholine rings is 1. The Balaban J connectivity index is 1.27. The molecule has 0 radical (unpaired) electrons. The van der Waals surface area contributed by atoms with Gasteiger partial charge in [0, 0.05) is 31.7 Å². The second-order valence-electron chi connectivity index (χ2n) is 9.57. The number of halogens is 2. The number of ether oxygens (including phenoxy) is 1. The molecule has 1 aromatic carbocycles. The van der Waals surface area contributed by atoms with Crippen LogP contribution in [0.25, 0.3) is 11.3 Å². The molecule has 0 spiro atoms. The van der Waals surface area contributed by atoms with Gasteiger partial charge >= 0.3 is 0 Å². The summed E-state index contributed by atoms with van der Waals surface area (Å²) in [6.07, 6.45) is 9.32. The van der Waals surface area contributed by atoms with Gasteiger partial charge in [-0.05, 0) is 68.0 Å². The largest absolute Gasteiger partial charge is 0.379 e. The summed E-state index contributed by atoms with van der Waals surface area (Å²) in [7, 11) is 0. The molecule has 36 heavy (non-hydrogen) atoms. The Labute approximate surface area is 221 Å². The molecule has 0 saturated carbocycles. The number of ketones is 1. The van der Waals surface area contributed by atoms with Crippen molar-refractivity contribution in [3.63, 3.8) is 0 Å². The number of Topliss-reactive ketones (excluding diaryl/α,β-unsaturated/α-hetero) is 1. The highest BCUT2D eigenvalue weighted by Crippen LogP contribution is 2.31. The molecular formula is C28H30Cl2N4O2. The third-order valence-electron chi connectivity index (χ3n) is 7.21. The van der Waals surface area contributed by atoms with E-state index in [0.717, 1.165) is 73.8 Å². The van der Waals surface area contributed by atoms with E-state index in [4.69, 9.17) is 32.9 Å². The number of rotatable bonds is 6. The lowest BCUT2D eigenvalue weighted by atomic mass is 9.90. The second-order valence-corrected chi connectivity index (χ2v) is 10.4. The van der Waals surface area contributed by atoms with E-state index in [2.05, 4.69) is 29.1 Å². The first-order valence-corrected chi connectivity index (χ1v) is 13.2. The molecule has 2 aromatic heterocycles. The number of aromatic nitrogens is 3. The first-order chi connectivity index (χ1) is 17.4. The number of hydrogen-bond donors (Lipinski definition) is 0. The first kappa shape index (κ1) is 25.2. The molecule has 2 aliphatic rings. The predicted molar refractivity (Wildman–Crippen MR) is 143 cm³/mol. The second kappa shape index (κ2) is 10.9. The summed E-state index contributed by atoms with van der Waals surface area (Å²) >= 11 is 12.2. The molecule has 1 fully saturated rings. The summed E-state index contributed by atoms with van der Waals surface area (Å²) in [6.45, 7) is 7.70. The fourth-order valence-electron chi connectivity index (χ4n) is 5.22. The molecule has 1 unspecified atom stereocenters. The Morgan fingerprint density at radius 3 is 2.61 bits per heavy atom. The van der Waals surface area contributed by atoms with Crippen LogP contribution in [-0.4, -0.2) is 57.8 Å². The fourth-order valence-corrected chi connectivity index (χ4v) is 5.51. The number of benzene rings is 1. The molecule has 188 valence electrons. The highest BCUT2D eigenvalue weighted by Gasteiger charge is 2.24. The Kier molecular flexibility index (Phi) is 7.58. The number of nitrogens with zero attached hydrogens (tertiary/aromatic N) is 4. The van der Waals surface area contributed by atoms with E-state index in [0.29, 0.717) is 21.7 Å². The maximum atomic E-state index is 13.1. The molecule has 1 aliphatic heterocycles. The van der Waals surface area contributed by atoms with Gasteiger partial charge in [-0.15, -0.1) is 0 Å². The standard InChI is InChI=1S/C28H30Cl2N4O2/c1-18-13-20(16-31-28(18)21-3-5-22(6-4-21)33-9-11-36-12-10-33)14-27(35)24-17-32-34(19(24)2)23-7-8-25(29)26(30)15-23/h3,7-8,13,15-17,22H,4-6,9-12,14H2,1-2H3. The van der Waals surface area contributed by atoms with Crippen molar-refractivity contribution in [3.05, 3.63) is 80.9 Å². The van der Waals surface area contributed by atoms with Crippen LogP contribution in [0.2, 0.25) is 10.0 Å². The number of allylic oxidation sites excluding steroid dienone is 1. The average molecular weight is 525 g/mol. The zero-order valence-corrected chi connectivity index (χ0v) is 22.1. The van der Waals surface area contributed by atoms with Crippen LogP contribution in [0.1, 0.15) is 52.1 Å². The van der Waals surface area contributed by atoms with Gasteiger partial charge in [0.15, 0.2) is 5.78 Å². The van der Waals surface area contributed by atoms with Crippen LogP contribution >= 0.6 is 23.2 Å². The van der Waals surface area contributed by atoms with Gasteiger partial charge in [-0.25, -0.2) is 4.68 Å². The normalized spacial score (nSPS) is 18.8. The topological polar surface area (TPSA) is 60.2 Å². The molecule has 0 bridgehead atoms. The molecule has 3 aromatic rings. The lowest BCUT2D eigenvalue weighted by molar-refractivity contribution is 0.0150. The van der Waals surface area contributed by atoms with Crippen LogP contribution in [0, 0.1) is 13.8 Å². The van der Waals surface area contributed by atoms with Crippen LogP contribution in [0.5, 0.6) is 0 Å². The number of carbonyl (C=O) groups excluding carboxylic acids is 1. The van der Waals surface area contributed by atoms with Gasteiger partial charge in [0.25, 0.3) is 0 Å². The number of pyridine rings is 1. The van der Waals surface area contributed by atoms with Crippen LogP contribution in [-0.2, 0) is 11.2 Å². The highest BCUT2D eigenvalue weighted by molar-refractivity contribution is 6.42. The van der Waals surface area contributed by atoms with Crippen molar-refractivity contribution < 1.29 is 9.53 Å². The molecule has 5 rings (SSSR count). The van der Waals surface area contributed by atoms with E-state index < -0.39 is 0 Å². The number of hydrogen-bond acceptors (Lipinski definition) is 5. The number of carbonyl (C=O) groups is 1. The van der Waals surface area contributed by atoms with E-state index in [1.807, 2.05) is 19.2 Å². The third-order valence-corrected chi connectivity index (χ3v) is 7.95. The van der Waals surface area contributed by atoms with E-state index in [1.54, 1.807) is 23.0 Å². The molecule has 6 nitrogen and oxygen atoms in total. The minimum absolute atomic E-state index is 0.0120. The molecule has 1 atom stereocenters. The van der Waals surface area contributed by atoms with Crippen molar-refractivity contribution in [1.82, 2.24) is 19.7 Å². The Hall–Kier alpha value is -2.51. The lowest BCUT2D eigenvalue weighted by Crippen LogP contribution is -2.43. The van der Waals surface area contributed by atoms with Gasteiger partial charge in [-0.1, -0.05) is 35.3 Å². The van der Waals surface area contributed by atoms with Crippen molar-refractivity contribution in [3.8, 4) is 5.69 Å². The van der Waals surface area contributed by atoms with Crippen molar-refractivity contribution in [2.24, 2.45) is 0 Å². The minimum Gasteiger partial charge on any atom is -0.379 e. The van der Waals surface area contributed by atoms with Crippen LogP contribution in [0.15, 0.2) is 42.7 Å². The Morgan fingerprint density at radius 2 is 1.92 bits per heavy atom. The highest BCUT2D eigenvalue weighted by atomic mass is 35.5. The van der Waals surface area contributed by atoms with Gasteiger partial charge in [0.2, 0.25) is 0 Å². The number of aryl methyl sites for hydroxylation is 1. The van der Waals surface area contributed by atoms with E-state index in [-0.39, 0.29) is 12.2 Å². The molecule has 8 heteroatoms. The Morgan fingerprint density at radius 1 is 1.11 bits per heavy atom. The van der Waals surface area contributed by atoms with E-state index in [1.165, 1.54) is 5.57 Å². The molecule has 0 amide bonds. The molecular weight excluding hydrogens is 495 g/mol. The van der Waals surface area contributed by atoms with Crippen LogP contribution < -0.4 is 0 Å². The summed E-state index contributed by atoms with van der Waals surface area (Å²) in [5, 5.41) is 5.34. The average Bonchev–Trinajstić information content (AvgIpc) is 3.28. The maximum absolute atomic E-state index is 13.1. The van der Waals surface area contributed by atoms with Crippen LogP contribution in [0.3, 0.4) is 0 Å². The van der Waals surface area contributed by atoms with Crippen molar-refractivity contribution in [2.45, 2.75) is 45.6 Å². The fraction of sp³-hybridized carbons (Fsp3) is 0.393. The summed E-state index contributed by atoms with van der Waals surface area (Å²) < 4.78 is 7.20. The summed E-state index contributed by atoms with van der Waals surface area (Å²) in [4.78, 5) is 20.5. The van der Waals surface area contributed by atoms with E-state index >= 15 is 0 Å². The Bertz CT molecular complexity index is 1310. The SMILES string of the molecule is Cc1cc(CC(=O)c2cnn(-c3ccc(Cl)c(Cl)c3)c2C)cnc1C1=CCC(N2CCOCC2)CC1. The van der Waals surface area contributed by atoms with Crippen molar-refractivity contribution in [2.75, 3.05) is 26.3 Å². The zero-order valence-electron chi connectivity index (χ0n) is 20.6. The summed E-state index contributed by atoms with van der Waals surface area (Å²) in [6, 6.07) is 7.99. The lowest BCUT2D eigenvalue weighted by Gasteiger charge is -2.36.